The number of amides is 1. The lowest BCUT2D eigenvalue weighted by atomic mass is 9.90. The van der Waals surface area contributed by atoms with Gasteiger partial charge in [0.05, 0.1) is 17.9 Å². The summed E-state index contributed by atoms with van der Waals surface area (Å²) in [5.74, 6) is 0.216. The van der Waals surface area contributed by atoms with Gasteiger partial charge >= 0.3 is 0 Å². The number of aromatic nitrogens is 2. The molecule has 1 N–H and O–H groups in total. The molecule has 166 valence electrons. The molecule has 2 heterocycles. The normalized spacial score (nSPS) is 16.5. The summed E-state index contributed by atoms with van der Waals surface area (Å²) in [6.45, 7) is 1.76. The van der Waals surface area contributed by atoms with Gasteiger partial charge in [-0.3, -0.25) is 9.69 Å². The summed E-state index contributed by atoms with van der Waals surface area (Å²) in [5, 5.41) is 2.69. The number of halogens is 1. The lowest BCUT2D eigenvalue weighted by Crippen LogP contribution is -2.40. The summed E-state index contributed by atoms with van der Waals surface area (Å²) in [5.41, 5.74) is 3.33. The van der Waals surface area contributed by atoms with Gasteiger partial charge in [0.1, 0.15) is 5.82 Å². The minimum atomic E-state index is -0.429. The minimum absolute atomic E-state index is 0.182. The monoisotopic (exact) mass is 433 g/mol. The Labute approximate surface area is 188 Å². The van der Waals surface area contributed by atoms with Crippen molar-refractivity contribution in [2.24, 2.45) is 0 Å². The zero-order chi connectivity index (χ0) is 22.5. The molecule has 0 saturated carbocycles. The van der Waals surface area contributed by atoms with Crippen molar-refractivity contribution < 1.29 is 9.18 Å². The summed E-state index contributed by atoms with van der Waals surface area (Å²) in [4.78, 5) is 26.0. The molecule has 0 aliphatic carbocycles. The Hall–Kier alpha value is -3.32. The number of para-hydroxylation sites is 1. The molecule has 0 spiro atoms. The highest BCUT2D eigenvalue weighted by Crippen LogP contribution is 2.33. The van der Waals surface area contributed by atoms with Gasteiger partial charge in [-0.05, 0) is 37.1 Å². The van der Waals surface area contributed by atoms with E-state index in [1.807, 2.05) is 43.4 Å². The molecule has 1 fully saturated rings. The molecule has 6 nitrogen and oxygen atoms in total. The van der Waals surface area contributed by atoms with Gasteiger partial charge in [0, 0.05) is 38.3 Å². The molecule has 1 aliphatic rings. The van der Waals surface area contributed by atoms with Gasteiger partial charge in [0.25, 0.3) is 0 Å². The number of nitrogens with one attached hydrogen (secondary N) is 1. The van der Waals surface area contributed by atoms with Crippen LogP contribution in [0.2, 0.25) is 0 Å². The van der Waals surface area contributed by atoms with Crippen LogP contribution in [0.15, 0.2) is 60.8 Å². The highest BCUT2D eigenvalue weighted by Gasteiger charge is 2.27. The van der Waals surface area contributed by atoms with Gasteiger partial charge in [-0.25, -0.2) is 14.4 Å². The molecule has 1 aromatic heterocycles. The molecule has 1 amide bonds. The van der Waals surface area contributed by atoms with Crippen molar-refractivity contribution in [1.29, 1.82) is 0 Å². The lowest BCUT2D eigenvalue weighted by molar-refractivity contribution is -0.117. The van der Waals surface area contributed by atoms with Gasteiger partial charge in [0.2, 0.25) is 11.9 Å². The zero-order valence-electron chi connectivity index (χ0n) is 18.5. The number of likely N-dealkylation sites (tertiary alicyclic amines) is 1. The van der Waals surface area contributed by atoms with E-state index in [0.29, 0.717) is 12.5 Å². The minimum Gasteiger partial charge on any atom is -0.347 e. The molecular formula is C25H28FN5O. The molecule has 4 rings (SSSR count). The van der Waals surface area contributed by atoms with Crippen LogP contribution >= 0.6 is 0 Å². The van der Waals surface area contributed by atoms with Gasteiger partial charge in [-0.2, -0.15) is 0 Å². The third-order valence-electron chi connectivity index (χ3n) is 5.70. The highest BCUT2D eigenvalue weighted by molar-refractivity contribution is 5.92. The Morgan fingerprint density at radius 1 is 1.16 bits per heavy atom. The predicted octanol–water partition coefficient (Wildman–Crippen LogP) is 4.17. The Bertz CT molecular complexity index is 1070. The molecule has 3 aromatic rings. The second-order valence-electron chi connectivity index (χ2n) is 8.33. The number of benzene rings is 2. The molecule has 1 saturated heterocycles. The van der Waals surface area contributed by atoms with E-state index < -0.39 is 5.82 Å². The van der Waals surface area contributed by atoms with Gasteiger partial charge in [-0.15, -0.1) is 0 Å². The molecule has 7 heteroatoms. The van der Waals surface area contributed by atoms with E-state index in [0.717, 1.165) is 36.2 Å². The third kappa shape index (κ3) is 5.11. The van der Waals surface area contributed by atoms with Gasteiger partial charge < -0.3 is 10.2 Å². The largest absolute Gasteiger partial charge is 0.347 e. The van der Waals surface area contributed by atoms with Crippen LogP contribution in [-0.4, -0.2) is 54.5 Å². The van der Waals surface area contributed by atoms with Crippen LogP contribution < -0.4 is 10.2 Å². The number of nitrogens with zero attached hydrogens (tertiary/aromatic N) is 4. The van der Waals surface area contributed by atoms with Crippen molar-refractivity contribution in [1.82, 2.24) is 14.9 Å². The number of rotatable bonds is 6. The summed E-state index contributed by atoms with van der Waals surface area (Å²) in [6, 6.07) is 16.4. The number of hydrogen-bond acceptors (Lipinski definition) is 5. The van der Waals surface area contributed by atoms with E-state index in [2.05, 4.69) is 27.3 Å². The highest BCUT2D eigenvalue weighted by atomic mass is 19.1. The summed E-state index contributed by atoms with van der Waals surface area (Å²) >= 11 is 0. The van der Waals surface area contributed by atoms with Crippen molar-refractivity contribution in [3.8, 4) is 11.1 Å². The molecule has 2 aromatic carbocycles. The Kier molecular flexibility index (Phi) is 6.75. The molecular weight excluding hydrogens is 405 g/mol. The van der Waals surface area contributed by atoms with Crippen LogP contribution in [0, 0.1) is 5.82 Å². The SMILES string of the molecule is CN(C)c1ncc(-c2ccccc2)c(C2CCCN(CC(=O)Nc3ccccc3F)C2)n1. The predicted molar refractivity (Wildman–Crippen MR) is 125 cm³/mol. The first kappa shape index (κ1) is 21.9. The first-order chi connectivity index (χ1) is 15.5. The fourth-order valence-corrected chi connectivity index (χ4v) is 4.13. The van der Waals surface area contributed by atoms with Gasteiger partial charge in [-0.1, -0.05) is 42.5 Å². The molecule has 32 heavy (non-hydrogen) atoms. The van der Waals surface area contributed by atoms with Crippen LogP contribution in [0.4, 0.5) is 16.0 Å². The number of piperidine rings is 1. The maximum absolute atomic E-state index is 13.9. The zero-order valence-corrected chi connectivity index (χ0v) is 18.5. The van der Waals surface area contributed by atoms with Crippen LogP contribution in [0.25, 0.3) is 11.1 Å². The second-order valence-corrected chi connectivity index (χ2v) is 8.33. The standard InChI is InChI=1S/C25H28FN5O/c1-30(2)25-27-15-20(18-9-4-3-5-10-18)24(29-25)19-11-8-14-31(16-19)17-23(32)28-22-13-7-6-12-21(22)26/h3-7,9-10,12-13,15,19H,8,11,14,16-17H2,1-2H3,(H,28,32). The maximum Gasteiger partial charge on any atom is 0.238 e. The average molecular weight is 434 g/mol. The molecule has 1 aliphatic heterocycles. The summed E-state index contributed by atoms with van der Waals surface area (Å²) in [6.07, 6.45) is 3.86. The van der Waals surface area contributed by atoms with Crippen molar-refractivity contribution >= 4 is 17.5 Å². The van der Waals surface area contributed by atoms with E-state index in [-0.39, 0.29) is 24.1 Å². The van der Waals surface area contributed by atoms with Crippen LogP contribution in [0.5, 0.6) is 0 Å². The third-order valence-corrected chi connectivity index (χ3v) is 5.70. The van der Waals surface area contributed by atoms with E-state index >= 15 is 0 Å². The summed E-state index contributed by atoms with van der Waals surface area (Å²) < 4.78 is 13.9. The lowest BCUT2D eigenvalue weighted by Gasteiger charge is -2.33. The molecule has 1 unspecified atom stereocenters. The van der Waals surface area contributed by atoms with Crippen LogP contribution in [0.3, 0.4) is 0 Å². The Morgan fingerprint density at radius 2 is 1.91 bits per heavy atom. The first-order valence-electron chi connectivity index (χ1n) is 10.9. The second kappa shape index (κ2) is 9.87. The topological polar surface area (TPSA) is 61.4 Å². The smallest absolute Gasteiger partial charge is 0.238 e. The summed E-state index contributed by atoms with van der Waals surface area (Å²) in [7, 11) is 3.86. The van der Waals surface area contributed by atoms with Crippen molar-refractivity contribution in [3.63, 3.8) is 0 Å². The molecule has 1 atom stereocenters. The first-order valence-corrected chi connectivity index (χ1v) is 10.9. The molecule has 0 bridgehead atoms. The number of hydrogen-bond donors (Lipinski definition) is 1. The fourth-order valence-electron chi connectivity index (χ4n) is 4.13. The Balaban J connectivity index is 1.53. The van der Waals surface area contributed by atoms with Crippen LogP contribution in [-0.2, 0) is 4.79 Å². The average Bonchev–Trinajstić information content (AvgIpc) is 2.81. The number of carbonyl (C=O) groups is 1. The van der Waals surface area contributed by atoms with E-state index in [4.69, 9.17) is 4.98 Å². The number of anilines is 2. The van der Waals surface area contributed by atoms with Crippen LogP contribution in [0.1, 0.15) is 24.5 Å². The van der Waals surface area contributed by atoms with Crippen molar-refractivity contribution in [2.75, 3.05) is 43.9 Å². The van der Waals surface area contributed by atoms with E-state index in [1.165, 1.54) is 6.07 Å². The van der Waals surface area contributed by atoms with Crippen molar-refractivity contribution in [2.45, 2.75) is 18.8 Å². The van der Waals surface area contributed by atoms with Gasteiger partial charge in [0.15, 0.2) is 0 Å². The number of carbonyl (C=O) groups excluding carboxylic acids is 1. The maximum atomic E-state index is 13.9. The molecule has 0 radical (unpaired) electrons. The van der Waals surface area contributed by atoms with E-state index in [1.54, 1.807) is 18.2 Å². The van der Waals surface area contributed by atoms with Crippen molar-refractivity contribution in [3.05, 3.63) is 72.3 Å². The van der Waals surface area contributed by atoms with E-state index in [9.17, 15) is 9.18 Å². The Morgan fingerprint density at radius 3 is 2.66 bits per heavy atom. The quantitative estimate of drug-likeness (QED) is 0.632. The fraction of sp³-hybridized carbons (Fsp3) is 0.320.